The van der Waals surface area contributed by atoms with Crippen LogP contribution in [-0.2, 0) is 23.2 Å². The topological polar surface area (TPSA) is 89.9 Å². The van der Waals surface area contributed by atoms with E-state index >= 15 is 0 Å². The molecule has 0 aromatic carbocycles. The zero-order valence-corrected chi connectivity index (χ0v) is 26.6. The van der Waals surface area contributed by atoms with Crippen molar-refractivity contribution in [2.24, 2.45) is 0 Å². The van der Waals surface area contributed by atoms with Gasteiger partial charge in [0.25, 0.3) is 0 Å². The molecule has 1 N–H and O–H groups in total. The molecular formula is C32H63O6P. The third kappa shape index (κ3) is 29.9. The number of rotatable bonds is 30. The lowest BCUT2D eigenvalue weighted by Gasteiger charge is -2.11. The van der Waals surface area contributed by atoms with Crippen molar-refractivity contribution >= 4 is 19.8 Å². The van der Waals surface area contributed by atoms with Gasteiger partial charge < -0.3 is 9.05 Å². The minimum atomic E-state index is -4.68. The zero-order valence-electron chi connectivity index (χ0n) is 25.7. The Morgan fingerprint density at radius 3 is 0.872 bits per heavy atom. The number of phosphoric ester groups is 1. The Kier molecular flexibility index (Phi) is 28.0. The van der Waals surface area contributed by atoms with E-state index in [9.17, 15) is 19.0 Å². The Balaban J connectivity index is 3.57. The van der Waals surface area contributed by atoms with Crippen molar-refractivity contribution in [3.63, 3.8) is 0 Å². The lowest BCUT2D eigenvalue weighted by molar-refractivity contribution is -0.140. The van der Waals surface area contributed by atoms with Crippen molar-refractivity contribution in [1.82, 2.24) is 0 Å². The molecule has 0 rings (SSSR count). The Morgan fingerprint density at radius 1 is 0.436 bits per heavy atom. The van der Waals surface area contributed by atoms with Crippen LogP contribution in [-0.4, -0.2) is 16.8 Å². The Bertz CT molecular complexity index is 561. The average molecular weight is 575 g/mol. The van der Waals surface area contributed by atoms with Gasteiger partial charge in [-0.1, -0.05) is 168 Å². The monoisotopic (exact) mass is 574 g/mol. The SMILES string of the molecule is CCCCCCCCCCCCCCCC(=O)OP(=O)(O)OC(=O)CCCCCCCCCCCCCCC. The van der Waals surface area contributed by atoms with Gasteiger partial charge in [0.2, 0.25) is 0 Å². The van der Waals surface area contributed by atoms with Crippen LogP contribution in [0.25, 0.3) is 0 Å². The van der Waals surface area contributed by atoms with Crippen molar-refractivity contribution in [3.05, 3.63) is 0 Å². The minimum Gasteiger partial charge on any atom is -0.361 e. The molecule has 0 aliphatic carbocycles. The molecule has 0 aliphatic heterocycles. The molecule has 0 radical (unpaired) electrons. The van der Waals surface area contributed by atoms with Gasteiger partial charge in [-0.15, -0.1) is 0 Å². The second kappa shape index (κ2) is 28.7. The molecule has 0 amide bonds. The lowest BCUT2D eigenvalue weighted by Crippen LogP contribution is -2.08. The standard InChI is InChI=1S/C32H63O6P/c1-3-5-7-9-11-13-15-17-19-21-23-25-27-29-31(33)37-39(35,36)38-32(34)30-28-26-24-22-20-18-16-14-12-10-8-6-4-2/h3-30H2,1-2H3,(H,35,36). The summed E-state index contributed by atoms with van der Waals surface area (Å²) in [6, 6.07) is 0. The first-order chi connectivity index (χ1) is 18.9. The van der Waals surface area contributed by atoms with Crippen LogP contribution < -0.4 is 0 Å². The average Bonchev–Trinajstić information content (AvgIpc) is 2.88. The van der Waals surface area contributed by atoms with Gasteiger partial charge in [-0.3, -0.25) is 14.5 Å². The Morgan fingerprint density at radius 2 is 0.641 bits per heavy atom. The van der Waals surface area contributed by atoms with Gasteiger partial charge in [0, 0.05) is 12.8 Å². The second-order valence-corrected chi connectivity index (χ2v) is 12.7. The molecule has 0 aromatic rings. The molecule has 0 atom stereocenters. The second-order valence-electron chi connectivity index (χ2n) is 11.4. The summed E-state index contributed by atoms with van der Waals surface area (Å²) < 4.78 is 21.1. The quantitative estimate of drug-likeness (QED) is 0.0678. The van der Waals surface area contributed by atoms with E-state index in [-0.39, 0.29) is 12.8 Å². The van der Waals surface area contributed by atoms with Crippen LogP contribution in [0.2, 0.25) is 0 Å². The number of hydrogen-bond acceptors (Lipinski definition) is 5. The number of unbranched alkanes of at least 4 members (excludes halogenated alkanes) is 24. The van der Waals surface area contributed by atoms with Crippen LogP contribution in [0.15, 0.2) is 0 Å². The predicted molar refractivity (Wildman–Crippen MR) is 163 cm³/mol. The minimum absolute atomic E-state index is 0.0682. The van der Waals surface area contributed by atoms with E-state index in [1.807, 2.05) is 0 Å². The molecule has 0 saturated carbocycles. The number of carbonyl (C=O) groups excluding carboxylic acids is 2. The molecule has 6 nitrogen and oxygen atoms in total. The largest absolute Gasteiger partial charge is 0.589 e. The van der Waals surface area contributed by atoms with Gasteiger partial charge in [-0.25, -0.2) is 4.57 Å². The van der Waals surface area contributed by atoms with Crippen LogP contribution in [0.4, 0.5) is 0 Å². The first-order valence-electron chi connectivity index (χ1n) is 16.7. The van der Waals surface area contributed by atoms with E-state index in [2.05, 4.69) is 22.9 Å². The van der Waals surface area contributed by atoms with Gasteiger partial charge in [0.15, 0.2) is 0 Å². The van der Waals surface area contributed by atoms with Crippen LogP contribution in [0.5, 0.6) is 0 Å². The molecule has 0 fully saturated rings. The van der Waals surface area contributed by atoms with Crippen LogP contribution in [0.1, 0.15) is 194 Å². The van der Waals surface area contributed by atoms with Crippen molar-refractivity contribution in [1.29, 1.82) is 0 Å². The number of carbonyl (C=O) groups is 2. The fourth-order valence-corrected chi connectivity index (χ4v) is 5.68. The summed E-state index contributed by atoms with van der Waals surface area (Å²) >= 11 is 0. The molecule has 0 unspecified atom stereocenters. The zero-order chi connectivity index (χ0) is 28.9. The highest BCUT2D eigenvalue weighted by Crippen LogP contribution is 2.44. The highest BCUT2D eigenvalue weighted by molar-refractivity contribution is 7.48. The van der Waals surface area contributed by atoms with E-state index in [1.165, 1.54) is 116 Å². The summed E-state index contributed by atoms with van der Waals surface area (Å²) in [7, 11) is -4.68. The van der Waals surface area contributed by atoms with Gasteiger partial charge in [-0.2, -0.15) is 0 Å². The summed E-state index contributed by atoms with van der Waals surface area (Å²) in [5, 5.41) is 0. The van der Waals surface area contributed by atoms with E-state index in [4.69, 9.17) is 0 Å². The van der Waals surface area contributed by atoms with Crippen molar-refractivity contribution in [2.45, 2.75) is 194 Å². The molecule has 0 aliphatic rings. The molecule has 7 heteroatoms. The van der Waals surface area contributed by atoms with Crippen molar-refractivity contribution in [2.75, 3.05) is 0 Å². The van der Waals surface area contributed by atoms with E-state index in [0.29, 0.717) is 12.8 Å². The van der Waals surface area contributed by atoms with Crippen molar-refractivity contribution in [3.8, 4) is 0 Å². The Hall–Kier alpha value is -0.870. The summed E-state index contributed by atoms with van der Waals surface area (Å²) in [6.07, 6.45) is 31.3. The summed E-state index contributed by atoms with van der Waals surface area (Å²) in [5.41, 5.74) is 0. The van der Waals surface area contributed by atoms with Gasteiger partial charge in [-0.05, 0) is 12.8 Å². The first-order valence-corrected chi connectivity index (χ1v) is 18.2. The fraction of sp³-hybridized carbons (Fsp3) is 0.938. The molecule has 0 heterocycles. The molecule has 0 spiro atoms. The van der Waals surface area contributed by atoms with Crippen LogP contribution in [0.3, 0.4) is 0 Å². The summed E-state index contributed by atoms with van der Waals surface area (Å²) in [6.45, 7) is 4.49. The Labute approximate surface area is 241 Å². The van der Waals surface area contributed by atoms with E-state index in [0.717, 1.165) is 38.5 Å². The predicted octanol–water partition coefficient (Wildman–Crippen LogP) is 11.1. The summed E-state index contributed by atoms with van der Waals surface area (Å²) in [5.74, 6) is -1.56. The lowest BCUT2D eigenvalue weighted by atomic mass is 10.0. The van der Waals surface area contributed by atoms with Crippen LogP contribution >= 0.6 is 7.82 Å². The van der Waals surface area contributed by atoms with Gasteiger partial charge >= 0.3 is 19.8 Å². The fourth-order valence-electron chi connectivity index (χ4n) is 4.94. The maximum absolute atomic E-state index is 12.0. The normalized spacial score (nSPS) is 11.6. The van der Waals surface area contributed by atoms with E-state index in [1.54, 1.807) is 0 Å². The van der Waals surface area contributed by atoms with Crippen molar-refractivity contribution < 1.29 is 28.1 Å². The molecule has 0 bridgehead atoms. The third-order valence-corrected chi connectivity index (χ3v) is 8.27. The smallest absolute Gasteiger partial charge is 0.361 e. The number of hydrogen-bond donors (Lipinski definition) is 1. The highest BCUT2D eigenvalue weighted by atomic mass is 31.2. The number of phosphoric acid groups is 1. The molecule has 0 aromatic heterocycles. The molecule has 0 saturated heterocycles. The molecular weight excluding hydrogens is 511 g/mol. The summed E-state index contributed by atoms with van der Waals surface area (Å²) in [4.78, 5) is 33.5. The van der Waals surface area contributed by atoms with Gasteiger partial charge in [0.1, 0.15) is 0 Å². The first kappa shape index (κ1) is 38.1. The molecule has 39 heavy (non-hydrogen) atoms. The highest BCUT2D eigenvalue weighted by Gasteiger charge is 2.30. The maximum Gasteiger partial charge on any atom is 0.589 e. The van der Waals surface area contributed by atoms with Gasteiger partial charge in [0.05, 0.1) is 0 Å². The van der Waals surface area contributed by atoms with Crippen LogP contribution in [0, 0.1) is 0 Å². The maximum atomic E-state index is 12.0. The van der Waals surface area contributed by atoms with E-state index < -0.39 is 19.8 Å². The third-order valence-electron chi connectivity index (χ3n) is 7.40. The molecule has 232 valence electrons.